The van der Waals surface area contributed by atoms with Gasteiger partial charge in [0, 0.05) is 18.8 Å². The third-order valence-corrected chi connectivity index (χ3v) is 4.15. The van der Waals surface area contributed by atoms with Crippen LogP contribution in [0.1, 0.15) is 50.4 Å². The van der Waals surface area contributed by atoms with Crippen LogP contribution in [0.4, 0.5) is 0 Å². The number of nitrogens with zero attached hydrogens (tertiary/aromatic N) is 2. The number of rotatable bonds is 4. The maximum atomic E-state index is 12.5. The Morgan fingerprint density at radius 2 is 2.42 bits per heavy atom. The summed E-state index contributed by atoms with van der Waals surface area (Å²) in [5, 5.41) is 10.8. The van der Waals surface area contributed by atoms with Crippen molar-refractivity contribution in [3.8, 4) is 0 Å². The summed E-state index contributed by atoms with van der Waals surface area (Å²) in [6.45, 7) is 6.99. The minimum atomic E-state index is -0.371. The highest BCUT2D eigenvalue weighted by Gasteiger charge is 2.39. The molecule has 1 fully saturated rings. The molecule has 1 aliphatic heterocycles. The highest BCUT2D eigenvalue weighted by molar-refractivity contribution is 5.87. The summed E-state index contributed by atoms with van der Waals surface area (Å²) < 4.78 is 1.79. The number of carbonyl (C=O) groups is 1. The maximum Gasteiger partial charge on any atom is 0.240 e. The molecule has 5 heteroatoms. The van der Waals surface area contributed by atoms with Gasteiger partial charge in [0.2, 0.25) is 5.91 Å². The molecule has 1 saturated heterocycles. The largest absolute Gasteiger partial charge is 0.348 e. The highest BCUT2D eigenvalue weighted by Crippen LogP contribution is 2.25. The number of aromatic nitrogens is 2. The minimum absolute atomic E-state index is 0.00738. The van der Waals surface area contributed by atoms with Gasteiger partial charge in [-0.05, 0) is 39.7 Å². The van der Waals surface area contributed by atoms with E-state index in [-0.39, 0.29) is 17.5 Å². The average molecular weight is 264 g/mol. The van der Waals surface area contributed by atoms with E-state index in [0.29, 0.717) is 0 Å². The van der Waals surface area contributed by atoms with E-state index < -0.39 is 0 Å². The minimum Gasteiger partial charge on any atom is -0.348 e. The molecule has 2 N–H and O–H groups in total. The lowest BCUT2D eigenvalue weighted by atomic mass is 9.92. The monoisotopic (exact) mass is 264 g/mol. The summed E-state index contributed by atoms with van der Waals surface area (Å²) in [5.74, 6) is 0.114. The van der Waals surface area contributed by atoms with E-state index in [9.17, 15) is 4.79 Å². The lowest BCUT2D eigenvalue weighted by molar-refractivity contribution is -0.128. The van der Waals surface area contributed by atoms with Gasteiger partial charge in [0.15, 0.2) is 0 Å². The zero-order valence-corrected chi connectivity index (χ0v) is 12.3. The van der Waals surface area contributed by atoms with Crippen molar-refractivity contribution < 1.29 is 4.79 Å². The topological polar surface area (TPSA) is 59.0 Å². The average Bonchev–Trinajstić information content (AvgIpc) is 2.96. The van der Waals surface area contributed by atoms with Gasteiger partial charge in [0.1, 0.15) is 0 Å². The van der Waals surface area contributed by atoms with Crippen LogP contribution in [0, 0.1) is 6.92 Å². The lowest BCUT2D eigenvalue weighted by Crippen LogP contribution is -2.53. The lowest BCUT2D eigenvalue weighted by Gasteiger charge is -2.28. The SMILES string of the molecule is CC[C@@]1(C(=O)N[C@@H](C)c2cn(C)nc2C)CCCN1. The third-order valence-electron chi connectivity index (χ3n) is 4.15. The van der Waals surface area contributed by atoms with Crippen molar-refractivity contribution in [1.29, 1.82) is 0 Å². The molecular weight excluding hydrogens is 240 g/mol. The van der Waals surface area contributed by atoms with Crippen LogP contribution in [-0.4, -0.2) is 27.8 Å². The van der Waals surface area contributed by atoms with Gasteiger partial charge >= 0.3 is 0 Å². The number of nitrogens with one attached hydrogen (secondary N) is 2. The molecule has 1 amide bonds. The van der Waals surface area contributed by atoms with Crippen LogP contribution in [0.2, 0.25) is 0 Å². The van der Waals surface area contributed by atoms with Crippen molar-refractivity contribution in [3.05, 3.63) is 17.5 Å². The zero-order chi connectivity index (χ0) is 14.0. The first-order chi connectivity index (χ1) is 8.98. The fourth-order valence-electron chi connectivity index (χ4n) is 2.92. The Morgan fingerprint density at radius 3 is 2.89 bits per heavy atom. The summed E-state index contributed by atoms with van der Waals surface area (Å²) >= 11 is 0. The second-order valence-corrected chi connectivity index (χ2v) is 5.50. The molecule has 0 radical (unpaired) electrons. The smallest absolute Gasteiger partial charge is 0.240 e. The molecule has 2 atom stereocenters. The van der Waals surface area contributed by atoms with E-state index in [1.54, 1.807) is 4.68 Å². The fourth-order valence-corrected chi connectivity index (χ4v) is 2.92. The zero-order valence-electron chi connectivity index (χ0n) is 12.3. The molecule has 1 aliphatic rings. The Balaban J connectivity index is 2.08. The van der Waals surface area contributed by atoms with E-state index in [4.69, 9.17) is 0 Å². The van der Waals surface area contributed by atoms with E-state index in [2.05, 4.69) is 22.7 Å². The van der Waals surface area contributed by atoms with Crippen LogP contribution in [0.25, 0.3) is 0 Å². The number of amides is 1. The van der Waals surface area contributed by atoms with E-state index in [1.807, 2.05) is 27.1 Å². The summed E-state index contributed by atoms with van der Waals surface area (Å²) in [7, 11) is 1.90. The third kappa shape index (κ3) is 2.66. The van der Waals surface area contributed by atoms with Crippen LogP contribution >= 0.6 is 0 Å². The predicted octanol–water partition coefficient (Wildman–Crippen LogP) is 1.44. The molecular formula is C14H24N4O. The van der Waals surface area contributed by atoms with E-state index in [1.165, 1.54) is 0 Å². The standard InChI is InChI=1S/C14H24N4O/c1-5-14(7-6-8-15-14)13(19)16-10(2)12-9-18(4)17-11(12)3/h9-10,15H,5-8H2,1-4H3,(H,16,19)/t10-,14-/m0/s1. The Kier molecular flexibility index (Phi) is 3.94. The van der Waals surface area contributed by atoms with E-state index in [0.717, 1.165) is 37.1 Å². The van der Waals surface area contributed by atoms with Gasteiger partial charge in [-0.3, -0.25) is 9.48 Å². The summed E-state index contributed by atoms with van der Waals surface area (Å²) in [4.78, 5) is 12.5. The quantitative estimate of drug-likeness (QED) is 0.865. The Hall–Kier alpha value is -1.36. The molecule has 2 rings (SSSR count). The van der Waals surface area contributed by atoms with Crippen molar-refractivity contribution in [2.24, 2.45) is 7.05 Å². The van der Waals surface area contributed by atoms with Gasteiger partial charge < -0.3 is 10.6 Å². The molecule has 19 heavy (non-hydrogen) atoms. The number of hydrogen-bond donors (Lipinski definition) is 2. The molecule has 0 bridgehead atoms. The van der Waals surface area contributed by atoms with Crippen LogP contribution in [-0.2, 0) is 11.8 Å². The highest BCUT2D eigenvalue weighted by atomic mass is 16.2. The summed E-state index contributed by atoms with van der Waals surface area (Å²) in [6.07, 6.45) is 4.80. The predicted molar refractivity (Wildman–Crippen MR) is 74.8 cm³/mol. The van der Waals surface area contributed by atoms with Gasteiger partial charge in [-0.25, -0.2) is 0 Å². The van der Waals surface area contributed by atoms with Crippen molar-refractivity contribution in [1.82, 2.24) is 20.4 Å². The normalized spacial score (nSPS) is 24.4. The number of aryl methyl sites for hydroxylation is 2. The van der Waals surface area contributed by atoms with E-state index >= 15 is 0 Å². The first-order valence-corrected chi connectivity index (χ1v) is 7.04. The van der Waals surface area contributed by atoms with Gasteiger partial charge in [-0.15, -0.1) is 0 Å². The van der Waals surface area contributed by atoms with Crippen LogP contribution in [0.15, 0.2) is 6.20 Å². The number of hydrogen-bond acceptors (Lipinski definition) is 3. The molecule has 1 aromatic rings. The summed E-state index contributed by atoms with van der Waals surface area (Å²) in [6, 6.07) is -0.00738. The molecule has 0 spiro atoms. The second kappa shape index (κ2) is 5.33. The Bertz CT molecular complexity index is 460. The number of carbonyl (C=O) groups excluding carboxylic acids is 1. The molecule has 0 saturated carbocycles. The van der Waals surface area contributed by atoms with Gasteiger partial charge in [-0.2, -0.15) is 5.10 Å². The van der Waals surface area contributed by atoms with Crippen molar-refractivity contribution in [2.75, 3.05) is 6.54 Å². The second-order valence-electron chi connectivity index (χ2n) is 5.50. The molecule has 5 nitrogen and oxygen atoms in total. The molecule has 106 valence electrons. The van der Waals surface area contributed by atoms with Crippen LogP contribution < -0.4 is 10.6 Å². The van der Waals surface area contributed by atoms with Gasteiger partial charge in [0.05, 0.1) is 17.3 Å². The van der Waals surface area contributed by atoms with Crippen molar-refractivity contribution >= 4 is 5.91 Å². The first kappa shape index (κ1) is 14.1. The molecule has 1 aromatic heterocycles. The van der Waals surface area contributed by atoms with Crippen LogP contribution in [0.5, 0.6) is 0 Å². The van der Waals surface area contributed by atoms with Gasteiger partial charge in [-0.1, -0.05) is 6.92 Å². The first-order valence-electron chi connectivity index (χ1n) is 7.04. The Labute approximate surface area is 114 Å². The maximum absolute atomic E-state index is 12.5. The van der Waals surface area contributed by atoms with Crippen LogP contribution in [0.3, 0.4) is 0 Å². The van der Waals surface area contributed by atoms with Crippen molar-refractivity contribution in [3.63, 3.8) is 0 Å². The molecule has 0 aromatic carbocycles. The molecule has 0 aliphatic carbocycles. The fraction of sp³-hybridized carbons (Fsp3) is 0.714. The Morgan fingerprint density at radius 1 is 1.68 bits per heavy atom. The molecule has 0 unspecified atom stereocenters. The van der Waals surface area contributed by atoms with Crippen molar-refractivity contribution in [2.45, 2.75) is 51.6 Å². The van der Waals surface area contributed by atoms with Gasteiger partial charge in [0.25, 0.3) is 0 Å². The molecule has 2 heterocycles. The summed E-state index contributed by atoms with van der Waals surface area (Å²) in [5.41, 5.74) is 1.69.